The monoisotopic (exact) mass is 1570 g/mol. The molecule has 0 unspecified atom stereocenters. The fourth-order valence-electron chi connectivity index (χ4n) is 20.5. The summed E-state index contributed by atoms with van der Waals surface area (Å²) in [5, 5.41) is 0. The molecule has 0 amide bonds. The van der Waals surface area contributed by atoms with Crippen LogP contribution in [0.2, 0.25) is 0 Å². The predicted octanol–water partition coefficient (Wildman–Crippen LogP) is 25.5. The molecule has 120 heavy (non-hydrogen) atoms. The SMILES string of the molecule is Cc1cc2c(cc1-c1c(C)ccc[n+]1C)-c1ccccc1C2(C)C.Cc1cc2c(cc1-c1cccc(C)[n+]1C)-c1ccccc1C2(C)C.Cc1cc[n+](C)c(-c2cc3c(cc2C)C(C)(C)c2ccccc2-3)c1.[2H]C([2H])([2H])c1c[n+](C)c(-c2cc3c(cc2C)C(C)(C)c2ccccc2-3)cc1C.[2H]c1ccc(-c2cc3c(cc2C)C(C)(C)c2ccccc2-3)[n+](C)c1. The Labute approximate surface area is 721 Å². The van der Waals surface area contributed by atoms with Gasteiger partial charge in [0.25, 0.3) is 0 Å². The molecule has 0 fully saturated rings. The molecule has 0 aliphatic heterocycles. The van der Waals surface area contributed by atoms with Gasteiger partial charge in [0.15, 0.2) is 30.5 Å². The summed E-state index contributed by atoms with van der Waals surface area (Å²) in [5.74, 6) is 0. The summed E-state index contributed by atoms with van der Waals surface area (Å²) in [5.41, 5.74) is 52.0. The van der Waals surface area contributed by atoms with Crippen molar-refractivity contribution in [2.45, 2.75) is 165 Å². The number of aryl methyl sites for hydroxylation is 14. The van der Waals surface area contributed by atoms with E-state index in [0.29, 0.717) is 11.6 Å². The van der Waals surface area contributed by atoms with Crippen molar-refractivity contribution in [1.29, 1.82) is 0 Å². The average Bonchev–Trinajstić information content (AvgIpc) is 1.59. The van der Waals surface area contributed by atoms with Crippen LogP contribution >= 0.6 is 0 Å². The van der Waals surface area contributed by atoms with Gasteiger partial charge in [0, 0.05) is 126 Å². The summed E-state index contributed by atoms with van der Waals surface area (Å²) in [6.07, 6.45) is 7.89. The third-order valence-electron chi connectivity index (χ3n) is 27.6. The molecule has 0 saturated heterocycles. The van der Waals surface area contributed by atoms with Crippen molar-refractivity contribution in [3.63, 3.8) is 0 Å². The molecule has 5 nitrogen and oxygen atoms in total. The second kappa shape index (κ2) is 30.6. The molecule has 0 N–H and O–H groups in total. The van der Waals surface area contributed by atoms with Crippen molar-refractivity contribution in [3.05, 3.63) is 385 Å². The molecule has 5 aromatic heterocycles. The normalized spacial score (nSPS) is 15.0. The van der Waals surface area contributed by atoms with Gasteiger partial charge in [-0.25, -0.2) is 18.3 Å². The van der Waals surface area contributed by atoms with E-state index >= 15 is 0 Å². The van der Waals surface area contributed by atoms with Gasteiger partial charge in [-0.1, -0.05) is 221 Å². The van der Waals surface area contributed by atoms with E-state index in [4.69, 9.17) is 5.48 Å². The Morgan fingerprint density at radius 3 is 0.958 bits per heavy atom. The van der Waals surface area contributed by atoms with E-state index in [2.05, 4.69) is 396 Å². The van der Waals surface area contributed by atoms with Gasteiger partial charge in [-0.2, -0.15) is 4.57 Å². The van der Waals surface area contributed by atoms with E-state index in [1.54, 1.807) is 6.20 Å². The van der Waals surface area contributed by atoms with E-state index in [9.17, 15) is 0 Å². The van der Waals surface area contributed by atoms with E-state index in [1.807, 2.05) is 54.5 Å². The standard InChI is InChI=1S/C24H26N.3C23H24N.C22H22N/c1-15-12-23(25(6)14-17(15)3)19-13-20-18-9-7-8-10-21(18)24(4,5)22(20)11-16(19)2;1-15-13-21-19(17-10-6-7-11-20(17)23(21,3)4)14-18(15)22-12-8-9-16(2)24(22)5;1-15-9-8-12-24(5)22(15)18-14-19-17-10-6-7-11-20(17)23(3,4)21(19)13-16(18)2;1-15-10-11-24(5)22(12-15)18-14-19-17-8-6-7-9-20(17)23(3,4)21(19)13-16(18)2;1-15-13-20-18(14-17(15)21-11-7-8-12-23(21)4)16-9-5-6-10-19(16)22(20,2)3/h7-14H,1-6H3;3*6-14H,1-5H3;5-14H,1-4H3/q5*+1/i3D3;;;;8D. The van der Waals surface area contributed by atoms with Gasteiger partial charge in [0.05, 0.1) is 1.37 Å². The summed E-state index contributed by atoms with van der Waals surface area (Å²) in [6.45, 7) is 40.5. The number of fused-ring (bicyclic) bond motifs is 15. The lowest BCUT2D eigenvalue weighted by Crippen LogP contribution is -2.34. The Kier molecular flexibility index (Phi) is 19.6. The van der Waals surface area contributed by atoms with Gasteiger partial charge in [-0.05, 0) is 261 Å². The Hall–Kier alpha value is -12.1. The second-order valence-electron chi connectivity index (χ2n) is 37.4. The van der Waals surface area contributed by atoms with E-state index in [-0.39, 0.29) is 27.1 Å². The van der Waals surface area contributed by atoms with Gasteiger partial charge in [-0.3, -0.25) is 0 Å². The smallest absolute Gasteiger partial charge is 0.201 e. The zero-order valence-corrected chi connectivity index (χ0v) is 75.1. The van der Waals surface area contributed by atoms with Crippen molar-refractivity contribution in [1.82, 2.24) is 0 Å². The van der Waals surface area contributed by atoms with E-state index in [0.717, 1.165) is 22.5 Å². The molecule has 5 heteroatoms. The molecule has 5 aliphatic rings. The van der Waals surface area contributed by atoms with Crippen LogP contribution in [0.25, 0.3) is 112 Å². The molecule has 15 aromatic rings. The number of hydrogen-bond acceptors (Lipinski definition) is 0. The van der Waals surface area contributed by atoms with E-state index in [1.165, 1.54) is 195 Å². The van der Waals surface area contributed by atoms with Crippen LogP contribution in [0, 0.1) is 69.2 Å². The summed E-state index contributed by atoms with van der Waals surface area (Å²) >= 11 is 0. The van der Waals surface area contributed by atoms with Crippen LogP contribution in [0.5, 0.6) is 0 Å². The Morgan fingerprint density at radius 2 is 0.575 bits per heavy atom. The number of nitrogens with zero attached hydrogens (tertiary/aromatic N) is 5. The fraction of sp³-hybridized carbons (Fsp3) is 0.261. The molecule has 0 atom stereocenters. The number of hydrogen-bond donors (Lipinski definition) is 0. The molecule has 5 aliphatic carbocycles. The molecule has 10 aromatic carbocycles. The summed E-state index contributed by atoms with van der Waals surface area (Å²) in [7, 11) is 10.3. The molecule has 20 rings (SSSR count). The Bertz CT molecular complexity index is 6750. The first kappa shape index (κ1) is 76.6. The topological polar surface area (TPSA) is 19.4 Å². The predicted molar refractivity (Wildman–Crippen MR) is 500 cm³/mol. The van der Waals surface area contributed by atoms with Crippen LogP contribution in [0.15, 0.2) is 273 Å². The molecule has 0 radical (unpaired) electrons. The molecule has 600 valence electrons. The molecular formula is C115H120N5+5. The maximum atomic E-state index is 7.80. The molecule has 5 heterocycles. The van der Waals surface area contributed by atoms with E-state index < -0.39 is 6.85 Å². The highest BCUT2D eigenvalue weighted by Gasteiger charge is 2.42. The first-order valence-electron chi connectivity index (χ1n) is 44.7. The van der Waals surface area contributed by atoms with Crippen LogP contribution in [-0.4, -0.2) is 0 Å². The minimum absolute atomic E-state index is 0.0154. The average molecular weight is 1580 g/mol. The highest BCUT2D eigenvalue weighted by atomic mass is 14.9. The number of benzene rings is 10. The second-order valence-corrected chi connectivity index (χ2v) is 37.4. The molecular weight excluding hydrogens is 1450 g/mol. The highest BCUT2D eigenvalue weighted by molar-refractivity contribution is 5.90. The van der Waals surface area contributed by atoms with Crippen LogP contribution < -0.4 is 22.8 Å². The summed E-state index contributed by atoms with van der Waals surface area (Å²) in [4.78, 5) is 0. The van der Waals surface area contributed by atoms with Crippen LogP contribution in [0.3, 0.4) is 0 Å². The third kappa shape index (κ3) is 13.8. The van der Waals surface area contributed by atoms with Crippen molar-refractivity contribution in [3.8, 4) is 112 Å². The minimum atomic E-state index is -2.10. The lowest BCUT2D eigenvalue weighted by atomic mass is 9.81. The highest BCUT2D eigenvalue weighted by Crippen LogP contribution is 2.56. The van der Waals surface area contributed by atoms with Crippen LogP contribution in [-0.2, 0) is 62.3 Å². The van der Waals surface area contributed by atoms with Crippen molar-refractivity contribution < 1.29 is 28.3 Å². The molecule has 0 spiro atoms. The van der Waals surface area contributed by atoms with Crippen molar-refractivity contribution >= 4 is 0 Å². The lowest BCUT2D eigenvalue weighted by Gasteiger charge is -2.22. The summed E-state index contributed by atoms with van der Waals surface area (Å²) in [6, 6.07) is 89.2. The lowest BCUT2D eigenvalue weighted by molar-refractivity contribution is -0.666. The first-order chi connectivity index (χ1) is 58.6. The van der Waals surface area contributed by atoms with Gasteiger partial charge >= 0.3 is 0 Å². The fourth-order valence-corrected chi connectivity index (χ4v) is 20.5. The third-order valence-corrected chi connectivity index (χ3v) is 27.6. The van der Waals surface area contributed by atoms with Crippen molar-refractivity contribution in [2.75, 3.05) is 0 Å². The zero-order valence-electron chi connectivity index (χ0n) is 79.1. The maximum absolute atomic E-state index is 7.80. The van der Waals surface area contributed by atoms with Gasteiger partial charge < -0.3 is 0 Å². The zero-order chi connectivity index (χ0) is 88.7. The first-order valence-corrected chi connectivity index (χ1v) is 42.7. The number of aromatic nitrogens is 5. The van der Waals surface area contributed by atoms with Gasteiger partial charge in [0.1, 0.15) is 35.2 Å². The van der Waals surface area contributed by atoms with Crippen molar-refractivity contribution in [2.24, 2.45) is 35.2 Å². The summed E-state index contributed by atoms with van der Waals surface area (Å²) < 4.78 is 41.8. The molecule has 0 bridgehead atoms. The molecule has 0 saturated carbocycles. The Balaban J connectivity index is 0.000000115. The minimum Gasteiger partial charge on any atom is -0.201 e. The van der Waals surface area contributed by atoms with Gasteiger partial charge in [0.2, 0.25) is 28.5 Å². The number of pyridine rings is 5. The maximum Gasteiger partial charge on any atom is 0.215 e. The Morgan fingerprint density at radius 1 is 0.233 bits per heavy atom. The largest absolute Gasteiger partial charge is 0.215 e. The van der Waals surface area contributed by atoms with Gasteiger partial charge in [-0.15, -0.1) is 0 Å². The van der Waals surface area contributed by atoms with Crippen LogP contribution in [0.4, 0.5) is 0 Å². The number of rotatable bonds is 5. The quantitative estimate of drug-likeness (QED) is 0.153. The van der Waals surface area contributed by atoms with Crippen LogP contribution in [0.1, 0.15) is 186 Å².